The average Bonchev–Trinajstić information content (AvgIpc) is 2.81. The normalized spacial score (nSPS) is 34.7. The largest absolute Gasteiger partial charge is 0.314 e. The fourth-order valence-corrected chi connectivity index (χ4v) is 3.31. The van der Waals surface area contributed by atoms with Gasteiger partial charge in [-0.1, -0.05) is 20.8 Å². The Kier molecular flexibility index (Phi) is 3.91. The first-order valence-electron chi connectivity index (χ1n) is 7.05. The molecule has 0 spiro atoms. The van der Waals surface area contributed by atoms with Gasteiger partial charge < -0.3 is 10.2 Å². The zero-order valence-corrected chi connectivity index (χ0v) is 11.3. The van der Waals surface area contributed by atoms with Crippen molar-refractivity contribution < 1.29 is 0 Å². The molecule has 0 aromatic rings. The van der Waals surface area contributed by atoms with Gasteiger partial charge in [-0.25, -0.2) is 0 Å². The van der Waals surface area contributed by atoms with Crippen LogP contribution in [0.1, 0.15) is 46.5 Å². The molecule has 1 aliphatic heterocycles. The number of nitrogens with zero attached hydrogens (tertiary/aromatic N) is 1. The highest BCUT2D eigenvalue weighted by atomic mass is 15.1. The van der Waals surface area contributed by atoms with Crippen LogP contribution in [0.3, 0.4) is 0 Å². The van der Waals surface area contributed by atoms with E-state index in [2.05, 4.69) is 31.0 Å². The molecule has 0 radical (unpaired) electrons. The maximum atomic E-state index is 3.80. The van der Waals surface area contributed by atoms with Crippen molar-refractivity contribution in [2.75, 3.05) is 26.2 Å². The Labute approximate surface area is 101 Å². The summed E-state index contributed by atoms with van der Waals surface area (Å²) < 4.78 is 0. The van der Waals surface area contributed by atoms with Gasteiger partial charge in [0.05, 0.1) is 0 Å². The van der Waals surface area contributed by atoms with Crippen molar-refractivity contribution in [3.05, 3.63) is 0 Å². The first kappa shape index (κ1) is 12.4. The number of nitrogens with one attached hydrogen (secondary N) is 1. The van der Waals surface area contributed by atoms with Gasteiger partial charge in [-0.3, -0.25) is 0 Å². The third-order valence-corrected chi connectivity index (χ3v) is 4.48. The van der Waals surface area contributed by atoms with Crippen LogP contribution in [-0.4, -0.2) is 37.1 Å². The van der Waals surface area contributed by atoms with E-state index in [1.54, 1.807) is 0 Å². The molecule has 2 fully saturated rings. The third kappa shape index (κ3) is 3.21. The number of rotatable bonds is 4. The predicted octanol–water partition coefficient (Wildman–Crippen LogP) is 2.50. The van der Waals surface area contributed by atoms with E-state index in [9.17, 15) is 0 Å². The van der Waals surface area contributed by atoms with Crippen LogP contribution in [0.5, 0.6) is 0 Å². The van der Waals surface area contributed by atoms with Crippen LogP contribution >= 0.6 is 0 Å². The summed E-state index contributed by atoms with van der Waals surface area (Å²) in [6.45, 7) is 12.2. The fourth-order valence-electron chi connectivity index (χ4n) is 3.31. The van der Waals surface area contributed by atoms with Crippen LogP contribution in [0.25, 0.3) is 0 Å². The van der Waals surface area contributed by atoms with Crippen LogP contribution in [-0.2, 0) is 0 Å². The second-order valence-corrected chi connectivity index (χ2v) is 6.56. The quantitative estimate of drug-likeness (QED) is 0.789. The van der Waals surface area contributed by atoms with Crippen molar-refractivity contribution in [3.8, 4) is 0 Å². The first-order chi connectivity index (χ1) is 7.59. The Morgan fingerprint density at radius 3 is 2.69 bits per heavy atom. The molecule has 1 heterocycles. The van der Waals surface area contributed by atoms with Gasteiger partial charge in [0, 0.05) is 12.6 Å². The van der Waals surface area contributed by atoms with Crippen LogP contribution in [0.4, 0.5) is 0 Å². The van der Waals surface area contributed by atoms with Crippen LogP contribution in [0.2, 0.25) is 0 Å². The van der Waals surface area contributed by atoms with Crippen molar-refractivity contribution >= 4 is 0 Å². The summed E-state index contributed by atoms with van der Waals surface area (Å²) in [7, 11) is 0. The third-order valence-electron chi connectivity index (χ3n) is 4.48. The molecule has 16 heavy (non-hydrogen) atoms. The smallest absolute Gasteiger partial charge is 0.00724 e. The molecule has 0 amide bonds. The molecule has 1 saturated carbocycles. The molecule has 94 valence electrons. The highest BCUT2D eigenvalue weighted by Crippen LogP contribution is 2.36. The lowest BCUT2D eigenvalue weighted by molar-refractivity contribution is 0.329. The summed E-state index contributed by atoms with van der Waals surface area (Å²) in [4.78, 5) is 2.57. The zero-order chi connectivity index (χ0) is 11.6. The van der Waals surface area contributed by atoms with Crippen molar-refractivity contribution in [1.82, 2.24) is 10.2 Å². The highest BCUT2D eigenvalue weighted by molar-refractivity contribution is 4.87. The number of hydrogen-bond donors (Lipinski definition) is 1. The summed E-state index contributed by atoms with van der Waals surface area (Å²) >= 11 is 0. The minimum absolute atomic E-state index is 0.586. The molecule has 0 aromatic carbocycles. The van der Waals surface area contributed by atoms with E-state index < -0.39 is 0 Å². The Balaban J connectivity index is 1.65. The molecule has 2 heteroatoms. The summed E-state index contributed by atoms with van der Waals surface area (Å²) in [5.74, 6) is 0.906. The fraction of sp³-hybridized carbons (Fsp3) is 1.00. The Hall–Kier alpha value is -0.0800. The molecule has 1 saturated heterocycles. The topological polar surface area (TPSA) is 15.3 Å². The summed E-state index contributed by atoms with van der Waals surface area (Å²) in [5, 5.41) is 3.80. The molecule has 0 aromatic heterocycles. The monoisotopic (exact) mass is 224 g/mol. The predicted molar refractivity (Wildman–Crippen MR) is 69.6 cm³/mol. The van der Waals surface area contributed by atoms with E-state index in [0.717, 1.165) is 12.0 Å². The lowest BCUT2D eigenvalue weighted by atomic mass is 9.92. The Morgan fingerprint density at radius 2 is 2.12 bits per heavy atom. The van der Waals surface area contributed by atoms with E-state index >= 15 is 0 Å². The second kappa shape index (κ2) is 5.05. The van der Waals surface area contributed by atoms with Crippen molar-refractivity contribution in [1.29, 1.82) is 0 Å². The van der Waals surface area contributed by atoms with Gasteiger partial charge in [0.1, 0.15) is 0 Å². The molecule has 1 N–H and O–H groups in total. The van der Waals surface area contributed by atoms with Crippen molar-refractivity contribution in [2.45, 2.75) is 52.5 Å². The van der Waals surface area contributed by atoms with E-state index in [-0.39, 0.29) is 0 Å². The molecule has 2 aliphatic rings. The second-order valence-electron chi connectivity index (χ2n) is 6.56. The molecule has 2 atom stereocenters. The SMILES string of the molecule is CCN1CCC(CNC2CCC(C)(C)C2)C1. The van der Waals surface area contributed by atoms with E-state index in [1.165, 1.54) is 51.9 Å². The standard InChI is InChI=1S/C14H28N2/c1-4-16-8-6-12(11-16)10-15-13-5-7-14(2,3)9-13/h12-13,15H,4-11H2,1-3H3. The molecule has 2 rings (SSSR count). The Morgan fingerprint density at radius 1 is 1.31 bits per heavy atom. The van der Waals surface area contributed by atoms with Gasteiger partial charge in [-0.2, -0.15) is 0 Å². The molecule has 2 nitrogen and oxygen atoms in total. The summed E-state index contributed by atoms with van der Waals surface area (Å²) in [6.07, 6.45) is 5.56. The van der Waals surface area contributed by atoms with Crippen LogP contribution < -0.4 is 5.32 Å². The van der Waals surface area contributed by atoms with E-state index in [1.807, 2.05) is 0 Å². The van der Waals surface area contributed by atoms with Gasteiger partial charge in [0.15, 0.2) is 0 Å². The highest BCUT2D eigenvalue weighted by Gasteiger charge is 2.31. The van der Waals surface area contributed by atoms with Crippen molar-refractivity contribution in [2.24, 2.45) is 11.3 Å². The Bertz CT molecular complexity index is 225. The minimum atomic E-state index is 0.586. The van der Waals surface area contributed by atoms with Gasteiger partial charge in [0.25, 0.3) is 0 Å². The van der Waals surface area contributed by atoms with Gasteiger partial charge >= 0.3 is 0 Å². The number of likely N-dealkylation sites (tertiary alicyclic amines) is 1. The summed E-state index contributed by atoms with van der Waals surface area (Å²) in [6, 6.07) is 0.797. The average molecular weight is 224 g/mol. The lowest BCUT2D eigenvalue weighted by Crippen LogP contribution is -2.33. The van der Waals surface area contributed by atoms with Crippen LogP contribution in [0.15, 0.2) is 0 Å². The maximum absolute atomic E-state index is 3.80. The molecular formula is C14H28N2. The number of hydrogen-bond acceptors (Lipinski definition) is 2. The van der Waals surface area contributed by atoms with Gasteiger partial charge in [0.2, 0.25) is 0 Å². The maximum Gasteiger partial charge on any atom is 0.00724 e. The minimum Gasteiger partial charge on any atom is -0.314 e. The van der Waals surface area contributed by atoms with Gasteiger partial charge in [-0.05, 0) is 56.7 Å². The van der Waals surface area contributed by atoms with Gasteiger partial charge in [-0.15, -0.1) is 0 Å². The van der Waals surface area contributed by atoms with Crippen molar-refractivity contribution in [3.63, 3.8) is 0 Å². The summed E-state index contributed by atoms with van der Waals surface area (Å²) in [5.41, 5.74) is 0.586. The molecule has 0 bridgehead atoms. The van der Waals surface area contributed by atoms with Crippen LogP contribution in [0, 0.1) is 11.3 Å². The molecular weight excluding hydrogens is 196 g/mol. The first-order valence-corrected chi connectivity index (χ1v) is 7.05. The zero-order valence-electron chi connectivity index (χ0n) is 11.3. The van der Waals surface area contributed by atoms with E-state index in [0.29, 0.717) is 5.41 Å². The molecule has 1 aliphatic carbocycles. The van der Waals surface area contributed by atoms with E-state index in [4.69, 9.17) is 0 Å². The lowest BCUT2D eigenvalue weighted by Gasteiger charge is -2.20. The molecule has 2 unspecified atom stereocenters.